The number of carboxylic acids is 1. The first kappa shape index (κ1) is 12.6. The maximum atomic E-state index is 10.7. The first-order chi connectivity index (χ1) is 8.08. The van der Waals surface area contributed by atoms with E-state index < -0.39 is 12.0 Å². The fraction of sp³-hybridized carbons (Fsp3) is 0.364. The molecule has 1 aromatic carbocycles. The monoisotopic (exact) mass is 275 g/mol. The first-order valence-electron chi connectivity index (χ1n) is 5.10. The van der Waals surface area contributed by atoms with Crippen molar-refractivity contribution < 1.29 is 14.6 Å². The molecule has 92 valence electrons. The van der Waals surface area contributed by atoms with Gasteiger partial charge in [0.05, 0.1) is 22.8 Å². The molecule has 4 nitrogen and oxygen atoms in total. The number of nitrogens with one attached hydrogen (secondary N) is 1. The molecule has 0 saturated carbocycles. The average molecular weight is 276 g/mol. The van der Waals surface area contributed by atoms with Crippen molar-refractivity contribution >= 4 is 29.2 Å². The maximum absolute atomic E-state index is 10.7. The van der Waals surface area contributed by atoms with Crippen LogP contribution in [0.1, 0.15) is 11.7 Å². The Kier molecular flexibility index (Phi) is 3.89. The Morgan fingerprint density at radius 2 is 2.18 bits per heavy atom. The molecule has 0 aliphatic carbocycles. The largest absolute Gasteiger partial charge is 0.480 e. The predicted molar refractivity (Wildman–Crippen MR) is 64.6 cm³/mol. The lowest BCUT2D eigenvalue weighted by Gasteiger charge is -2.28. The zero-order chi connectivity index (χ0) is 12.4. The molecular formula is C11H11Cl2NO3. The highest BCUT2D eigenvalue weighted by molar-refractivity contribution is 6.42. The molecule has 0 bridgehead atoms. The maximum Gasteiger partial charge on any atom is 0.323 e. The van der Waals surface area contributed by atoms with Crippen LogP contribution in [0, 0.1) is 0 Å². The van der Waals surface area contributed by atoms with Gasteiger partial charge in [0.15, 0.2) is 0 Å². The Balaban J connectivity index is 2.05. The quantitative estimate of drug-likeness (QED) is 0.868. The van der Waals surface area contributed by atoms with E-state index in [9.17, 15) is 4.79 Å². The van der Waals surface area contributed by atoms with E-state index in [0.29, 0.717) is 16.6 Å². The number of hydrogen-bond acceptors (Lipinski definition) is 3. The number of aliphatic carboxylic acids is 1. The minimum atomic E-state index is -0.905. The second kappa shape index (κ2) is 5.23. The van der Waals surface area contributed by atoms with Crippen LogP contribution in [0.2, 0.25) is 10.0 Å². The number of hydrogen-bond donors (Lipinski definition) is 2. The molecule has 1 aliphatic heterocycles. The van der Waals surface area contributed by atoms with Gasteiger partial charge in [-0.25, -0.2) is 0 Å². The van der Waals surface area contributed by atoms with E-state index in [4.69, 9.17) is 33.0 Å². The smallest absolute Gasteiger partial charge is 0.323 e. The third-order valence-corrected chi connectivity index (χ3v) is 3.37. The minimum absolute atomic E-state index is 0.139. The summed E-state index contributed by atoms with van der Waals surface area (Å²) in [6, 6.07) is 4.61. The van der Waals surface area contributed by atoms with E-state index in [1.165, 1.54) is 0 Å². The number of halogens is 2. The van der Waals surface area contributed by atoms with E-state index in [0.717, 1.165) is 5.56 Å². The van der Waals surface area contributed by atoms with Crippen LogP contribution in [-0.4, -0.2) is 30.3 Å². The number of ether oxygens (including phenoxy) is 1. The van der Waals surface area contributed by atoms with E-state index in [1.54, 1.807) is 12.1 Å². The van der Waals surface area contributed by atoms with Crippen molar-refractivity contribution in [3.8, 4) is 0 Å². The van der Waals surface area contributed by atoms with Gasteiger partial charge >= 0.3 is 5.97 Å². The Bertz CT molecular complexity index is 431. The summed E-state index contributed by atoms with van der Waals surface area (Å²) in [6.07, 6.45) is -0.194. The van der Waals surface area contributed by atoms with E-state index in [1.807, 2.05) is 6.07 Å². The topological polar surface area (TPSA) is 58.6 Å². The van der Waals surface area contributed by atoms with Crippen LogP contribution in [0.5, 0.6) is 0 Å². The van der Waals surface area contributed by atoms with Gasteiger partial charge in [0, 0.05) is 6.54 Å². The van der Waals surface area contributed by atoms with Crippen molar-refractivity contribution in [3.63, 3.8) is 0 Å². The van der Waals surface area contributed by atoms with Crippen LogP contribution >= 0.6 is 23.2 Å². The van der Waals surface area contributed by atoms with Gasteiger partial charge < -0.3 is 9.84 Å². The van der Waals surface area contributed by atoms with E-state index >= 15 is 0 Å². The SMILES string of the molecule is O=C(O)[C@@H]1CO[C@H](c2ccc(Cl)c(Cl)c2)CN1. The lowest BCUT2D eigenvalue weighted by molar-refractivity contribution is -0.144. The van der Waals surface area contributed by atoms with Gasteiger partial charge in [-0.1, -0.05) is 29.3 Å². The van der Waals surface area contributed by atoms with Crippen LogP contribution in [0.3, 0.4) is 0 Å². The average Bonchev–Trinajstić information content (AvgIpc) is 2.33. The molecule has 2 atom stereocenters. The number of benzene rings is 1. The number of morpholine rings is 1. The van der Waals surface area contributed by atoms with Crippen LogP contribution in [0.25, 0.3) is 0 Å². The standard InChI is InChI=1S/C11H11Cl2NO3/c12-7-2-1-6(3-8(7)13)10-4-14-9(5-17-10)11(15)16/h1-3,9-10,14H,4-5H2,(H,15,16)/t9-,10-/m0/s1. The summed E-state index contributed by atoms with van der Waals surface area (Å²) in [6.45, 7) is 0.579. The van der Waals surface area contributed by atoms with Crippen molar-refractivity contribution in [1.29, 1.82) is 0 Å². The summed E-state index contributed by atoms with van der Waals surface area (Å²) in [5.74, 6) is -0.905. The fourth-order valence-corrected chi connectivity index (χ4v) is 1.97. The van der Waals surface area contributed by atoms with Crippen LogP contribution < -0.4 is 5.32 Å². The molecule has 1 aromatic rings. The van der Waals surface area contributed by atoms with Gasteiger partial charge in [0.1, 0.15) is 6.04 Å². The minimum Gasteiger partial charge on any atom is -0.480 e. The molecule has 1 fully saturated rings. The van der Waals surface area contributed by atoms with Gasteiger partial charge in [0.25, 0.3) is 0 Å². The highest BCUT2D eigenvalue weighted by Crippen LogP contribution is 2.28. The Labute approximate surface area is 108 Å². The summed E-state index contributed by atoms with van der Waals surface area (Å²) in [4.78, 5) is 10.7. The van der Waals surface area contributed by atoms with Crippen molar-refractivity contribution in [2.75, 3.05) is 13.2 Å². The molecule has 0 amide bonds. The van der Waals surface area contributed by atoms with Crippen molar-refractivity contribution in [2.24, 2.45) is 0 Å². The number of carboxylic acid groups (broad SMARTS) is 1. The highest BCUT2D eigenvalue weighted by atomic mass is 35.5. The second-order valence-electron chi connectivity index (χ2n) is 3.79. The molecule has 1 heterocycles. The molecular weight excluding hydrogens is 265 g/mol. The van der Waals surface area contributed by atoms with Gasteiger partial charge in [-0.3, -0.25) is 10.1 Å². The molecule has 0 spiro atoms. The summed E-state index contributed by atoms with van der Waals surface area (Å²) >= 11 is 11.7. The van der Waals surface area contributed by atoms with E-state index in [2.05, 4.69) is 5.32 Å². The highest BCUT2D eigenvalue weighted by Gasteiger charge is 2.26. The van der Waals surface area contributed by atoms with Gasteiger partial charge in [-0.2, -0.15) is 0 Å². The number of rotatable bonds is 2. The molecule has 1 saturated heterocycles. The molecule has 2 rings (SSSR count). The number of carbonyl (C=O) groups is 1. The zero-order valence-corrected chi connectivity index (χ0v) is 10.3. The Hall–Kier alpha value is -0.810. The fourth-order valence-electron chi connectivity index (χ4n) is 1.66. The Morgan fingerprint density at radius 3 is 2.71 bits per heavy atom. The normalized spacial score (nSPS) is 24.6. The molecule has 6 heteroatoms. The molecule has 0 aromatic heterocycles. The summed E-state index contributed by atoms with van der Waals surface area (Å²) in [5.41, 5.74) is 0.885. The van der Waals surface area contributed by atoms with Gasteiger partial charge in [0.2, 0.25) is 0 Å². The summed E-state index contributed by atoms with van der Waals surface area (Å²) < 4.78 is 5.49. The van der Waals surface area contributed by atoms with Crippen molar-refractivity contribution in [3.05, 3.63) is 33.8 Å². The molecule has 0 radical (unpaired) electrons. The van der Waals surface area contributed by atoms with Gasteiger partial charge in [-0.15, -0.1) is 0 Å². The molecule has 1 aliphatic rings. The molecule has 0 unspecified atom stereocenters. The van der Waals surface area contributed by atoms with Gasteiger partial charge in [-0.05, 0) is 17.7 Å². The van der Waals surface area contributed by atoms with Crippen molar-refractivity contribution in [2.45, 2.75) is 12.1 Å². The first-order valence-corrected chi connectivity index (χ1v) is 5.86. The molecule has 2 N–H and O–H groups in total. The lowest BCUT2D eigenvalue weighted by atomic mass is 10.1. The van der Waals surface area contributed by atoms with Crippen molar-refractivity contribution in [1.82, 2.24) is 5.32 Å². The molecule has 17 heavy (non-hydrogen) atoms. The lowest BCUT2D eigenvalue weighted by Crippen LogP contribution is -2.47. The van der Waals surface area contributed by atoms with Crippen LogP contribution in [0.4, 0.5) is 0 Å². The zero-order valence-electron chi connectivity index (χ0n) is 8.82. The second-order valence-corrected chi connectivity index (χ2v) is 4.61. The summed E-state index contributed by atoms with van der Waals surface area (Å²) in [7, 11) is 0. The summed E-state index contributed by atoms with van der Waals surface area (Å²) in [5, 5.41) is 12.6. The van der Waals surface area contributed by atoms with Crippen LogP contribution in [0.15, 0.2) is 18.2 Å². The third kappa shape index (κ3) is 2.90. The Morgan fingerprint density at radius 1 is 1.41 bits per heavy atom. The van der Waals surface area contributed by atoms with Crippen LogP contribution in [-0.2, 0) is 9.53 Å². The predicted octanol–water partition coefficient (Wildman–Crippen LogP) is 2.11. The third-order valence-electron chi connectivity index (χ3n) is 2.63. The van der Waals surface area contributed by atoms with E-state index in [-0.39, 0.29) is 12.7 Å².